The number of hydrogen-bond acceptors (Lipinski definition) is 5. The number of hydrogen-bond donors (Lipinski definition) is 1. The number of aromatic nitrogens is 4. The molecule has 4 heterocycles. The van der Waals surface area contributed by atoms with Crippen molar-refractivity contribution in [1.29, 1.82) is 0 Å². The van der Waals surface area contributed by atoms with Gasteiger partial charge in [-0.15, -0.1) is 0 Å². The highest BCUT2D eigenvalue weighted by Gasteiger charge is 2.26. The molecule has 0 bridgehead atoms. The maximum atomic E-state index is 12.8. The third kappa shape index (κ3) is 14.9. The zero-order valence-corrected chi connectivity index (χ0v) is 31.9. The average Bonchev–Trinajstić information content (AvgIpc) is 3.79. The van der Waals surface area contributed by atoms with Crippen LogP contribution >= 0.6 is 0 Å². The molecule has 0 saturated carbocycles. The van der Waals surface area contributed by atoms with Crippen LogP contribution in [0.2, 0.25) is 0 Å². The Kier molecular flexibility index (Phi) is 34.6. The van der Waals surface area contributed by atoms with Gasteiger partial charge in [0.05, 0.1) is 41.5 Å². The molecule has 2 aliphatic heterocycles. The molecule has 5 aromatic rings. The van der Waals surface area contributed by atoms with E-state index in [1.165, 1.54) is 0 Å². The first-order chi connectivity index (χ1) is 27.0. The summed E-state index contributed by atoms with van der Waals surface area (Å²) in [5, 5.41) is 14.1. The van der Waals surface area contributed by atoms with Crippen molar-refractivity contribution in [2.45, 2.75) is 68.4 Å². The van der Waals surface area contributed by atoms with Gasteiger partial charge in [-0.2, -0.15) is 10.2 Å². The largest absolute Gasteiger partial charge is 0.497 e. The number of methoxy groups -OCH3 is 1. The van der Waals surface area contributed by atoms with Gasteiger partial charge in [0, 0.05) is 101 Å². The first kappa shape index (κ1) is 58.3. The van der Waals surface area contributed by atoms with Crippen LogP contribution in [0.25, 0.3) is 21.8 Å². The number of halogens is 11. The second kappa shape index (κ2) is 33.9. The molecule has 0 fully saturated rings. The van der Waals surface area contributed by atoms with Gasteiger partial charge < -0.3 is 14.5 Å². The Morgan fingerprint density at radius 3 is 1.65 bits per heavy atom. The molecule has 0 atom stereocenters. The van der Waals surface area contributed by atoms with Crippen LogP contribution in [-0.4, -0.2) is 74.9 Å². The van der Waals surface area contributed by atoms with Crippen molar-refractivity contribution in [3.63, 3.8) is 0 Å². The van der Waals surface area contributed by atoms with Gasteiger partial charge in [-0.1, -0.05) is 59.4 Å². The maximum absolute atomic E-state index is 12.8. The Hall–Kier alpha value is -5.43. The van der Waals surface area contributed by atoms with Gasteiger partial charge in [0.15, 0.2) is 0 Å². The predicted molar refractivity (Wildman–Crippen MR) is 201 cm³/mol. The van der Waals surface area contributed by atoms with Gasteiger partial charge in [0.2, 0.25) is 0 Å². The fourth-order valence-corrected chi connectivity index (χ4v) is 5.81. The lowest BCUT2D eigenvalue weighted by molar-refractivity contribution is 0.0763. The van der Waals surface area contributed by atoms with Gasteiger partial charge in [-0.25, -0.2) is 0 Å². The molecule has 0 aliphatic carbocycles. The number of aromatic amines is 1. The topological polar surface area (TPSA) is 96.4 Å². The smallest absolute Gasteiger partial charge is 0.254 e. The van der Waals surface area contributed by atoms with E-state index in [9.17, 15) is 9.59 Å². The van der Waals surface area contributed by atoms with Crippen molar-refractivity contribution in [1.82, 2.24) is 29.8 Å². The zero-order chi connectivity index (χ0) is 42.5. The lowest BCUT2D eigenvalue weighted by Crippen LogP contribution is -2.31. The van der Waals surface area contributed by atoms with Crippen LogP contribution in [0.4, 0.5) is 50.4 Å². The first-order valence-electron chi connectivity index (χ1n) is 16.9. The Morgan fingerprint density at radius 1 is 0.684 bits per heavy atom. The molecule has 2 amide bonds. The lowest BCUT2D eigenvalue weighted by atomic mass is 10.1. The van der Waals surface area contributed by atoms with Crippen LogP contribution in [-0.2, 0) is 19.4 Å². The molecular weight excluding hydrogens is 785 g/mol. The molecule has 2 aromatic heterocycles. The summed E-state index contributed by atoms with van der Waals surface area (Å²) in [6.07, 6.45) is 1.65. The van der Waals surface area contributed by atoms with Crippen LogP contribution < -0.4 is 4.74 Å². The van der Waals surface area contributed by atoms with Crippen LogP contribution in [0.15, 0.2) is 60.7 Å². The molecular formula is C37H51F11N6O3. The maximum Gasteiger partial charge on any atom is 0.254 e. The second-order valence-electron chi connectivity index (χ2n) is 10.3. The van der Waals surface area contributed by atoms with Crippen molar-refractivity contribution in [3.8, 4) is 5.75 Å². The standard InChI is InChI=1S/C20H21N3O2.C12H13N3O.2C2H6.CH4.5F2.FH/c1-3-22-12-11-17-19-16(20(22)24)5-4-6-18(19)23(21-17)13-14-7-9-15(25-2)10-8-14;1-2-15-7-6-10-11-8(12(15)16)4-3-5-9(11)13-14-10;2*1-2;;5*1-2;/h4-10H,3,11-13H2,1-2H3;3-5H,2,6-7H2,1H3,(H,13,14);2*1-2H3;1H4;;;;;;1H. The summed E-state index contributed by atoms with van der Waals surface area (Å²) in [4.78, 5) is 28.8. The Bertz CT molecular complexity index is 1780. The van der Waals surface area contributed by atoms with Crippen LogP contribution in [0.3, 0.4) is 0 Å². The normalized spacial score (nSPS) is 11.2. The van der Waals surface area contributed by atoms with E-state index in [0.717, 1.165) is 94.7 Å². The lowest BCUT2D eigenvalue weighted by Gasteiger charge is -2.18. The highest BCUT2D eigenvalue weighted by molar-refractivity contribution is 6.08. The highest BCUT2D eigenvalue weighted by Crippen LogP contribution is 2.28. The number of amides is 2. The van der Waals surface area contributed by atoms with E-state index in [4.69, 9.17) is 55.6 Å². The van der Waals surface area contributed by atoms with Gasteiger partial charge in [0.1, 0.15) is 5.75 Å². The quantitative estimate of drug-likeness (QED) is 0.178. The second-order valence-corrected chi connectivity index (χ2v) is 10.3. The molecule has 7 rings (SSSR count). The molecule has 0 radical (unpaired) electrons. The molecule has 3 aromatic carbocycles. The van der Waals surface area contributed by atoms with Crippen molar-refractivity contribution in [2.24, 2.45) is 0 Å². The van der Waals surface area contributed by atoms with Crippen LogP contribution in [0.5, 0.6) is 5.75 Å². The Balaban J connectivity index is -0.000000382. The zero-order valence-electron chi connectivity index (χ0n) is 31.9. The number of likely N-dealkylation sites (N-methyl/N-ethyl adjacent to an activating group) is 2. The monoisotopic (exact) mass is 836 g/mol. The van der Waals surface area contributed by atoms with E-state index in [-0.39, 0.29) is 23.9 Å². The number of H-pyrrole nitrogens is 1. The van der Waals surface area contributed by atoms with Gasteiger partial charge in [0.25, 0.3) is 11.8 Å². The minimum absolute atomic E-state index is 0. The van der Waals surface area contributed by atoms with Gasteiger partial charge in [-0.3, -0.25) is 24.1 Å². The van der Waals surface area contributed by atoms with Gasteiger partial charge in [-0.05, 0) is 55.8 Å². The van der Waals surface area contributed by atoms with Crippen LogP contribution in [0.1, 0.15) is 86.6 Å². The summed E-state index contributed by atoms with van der Waals surface area (Å²) >= 11 is 0. The van der Waals surface area contributed by atoms with E-state index in [1.807, 2.05) is 117 Å². The van der Waals surface area contributed by atoms with Gasteiger partial charge >= 0.3 is 0 Å². The summed E-state index contributed by atoms with van der Waals surface area (Å²) < 4.78 is 87.2. The number of nitrogens with zero attached hydrogens (tertiary/aromatic N) is 5. The molecule has 0 unspecified atom stereocenters. The minimum atomic E-state index is 0. The number of ether oxygens (including phenoxy) is 1. The third-order valence-corrected chi connectivity index (χ3v) is 8.05. The van der Waals surface area contributed by atoms with E-state index >= 15 is 0 Å². The molecule has 9 nitrogen and oxygen atoms in total. The molecule has 57 heavy (non-hydrogen) atoms. The number of rotatable bonds is 5. The fraction of sp³-hybridized carbons (Fsp3) is 0.405. The number of carbonyl (C=O) groups is 2. The Morgan fingerprint density at radius 2 is 1.16 bits per heavy atom. The van der Waals surface area contributed by atoms with Crippen LogP contribution in [0, 0.1) is 0 Å². The van der Waals surface area contributed by atoms with E-state index in [1.54, 1.807) is 7.11 Å². The molecule has 0 spiro atoms. The fourth-order valence-electron chi connectivity index (χ4n) is 5.81. The predicted octanol–water partition coefficient (Wildman–Crippen LogP) is 11.7. The van der Waals surface area contributed by atoms with Crippen molar-refractivity contribution in [2.75, 3.05) is 33.3 Å². The summed E-state index contributed by atoms with van der Waals surface area (Å²) in [5.74, 6) is 1.07. The third-order valence-electron chi connectivity index (χ3n) is 8.05. The van der Waals surface area contributed by atoms with E-state index in [2.05, 4.69) is 10.2 Å². The number of nitrogens with one attached hydrogen (secondary N) is 1. The minimum Gasteiger partial charge on any atom is -0.497 e. The molecule has 20 heteroatoms. The first-order valence-corrected chi connectivity index (χ1v) is 16.9. The molecule has 2 aliphatic rings. The summed E-state index contributed by atoms with van der Waals surface area (Å²) in [5.41, 5.74) is 6.71. The SMILES string of the molecule is C.CC.CC.CCN1CCc2[nH]nc3cccc(c23)C1=O.CCN1CCc2nn(Cc3ccc(OC)cc3)c3cccc(c23)C1=O.F.FF.FF.FF.FF.FF. The van der Waals surface area contributed by atoms with Crippen molar-refractivity contribution in [3.05, 3.63) is 88.7 Å². The summed E-state index contributed by atoms with van der Waals surface area (Å²) in [7, 11) is 1.67. The Labute approximate surface area is 324 Å². The molecule has 324 valence electrons. The summed E-state index contributed by atoms with van der Waals surface area (Å²) in [6.45, 7) is 15.7. The number of benzene rings is 3. The van der Waals surface area contributed by atoms with Crippen molar-refractivity contribution < 1.29 is 64.8 Å². The number of carbonyl (C=O) groups excluding carboxylic acids is 2. The molecule has 1 N–H and O–H groups in total. The van der Waals surface area contributed by atoms with E-state index < -0.39 is 0 Å². The highest BCUT2D eigenvalue weighted by atomic mass is 20.0. The molecule has 0 saturated heterocycles. The summed E-state index contributed by atoms with van der Waals surface area (Å²) in [6, 6.07) is 19.6. The van der Waals surface area contributed by atoms with E-state index in [0.29, 0.717) is 6.54 Å². The average molecular weight is 837 g/mol. The van der Waals surface area contributed by atoms with Crippen molar-refractivity contribution >= 4 is 33.6 Å².